The second kappa shape index (κ2) is 5.22. The molecule has 2 aromatic carbocycles. The van der Waals surface area contributed by atoms with Crippen LogP contribution in [0.25, 0.3) is 22.0 Å². The predicted molar refractivity (Wildman–Crippen MR) is 82.7 cm³/mol. The summed E-state index contributed by atoms with van der Waals surface area (Å²) in [6, 6.07) is 11.9. The molecule has 0 saturated heterocycles. The van der Waals surface area contributed by atoms with E-state index in [0.717, 1.165) is 10.9 Å². The van der Waals surface area contributed by atoms with Crippen LogP contribution in [0.2, 0.25) is 5.02 Å². The molecule has 0 aliphatic heterocycles. The third-order valence-electron chi connectivity index (χ3n) is 3.53. The van der Waals surface area contributed by atoms with Crippen molar-refractivity contribution in [1.29, 1.82) is 0 Å². The molecule has 0 aliphatic rings. The van der Waals surface area contributed by atoms with E-state index in [1.807, 2.05) is 17.7 Å². The lowest BCUT2D eigenvalue weighted by molar-refractivity contribution is 0.321. The first-order valence-corrected chi connectivity index (χ1v) is 6.71. The largest absolute Gasteiger partial charge is 0.411 e. The minimum Gasteiger partial charge on any atom is -0.411 e. The first-order valence-electron chi connectivity index (χ1n) is 6.33. The van der Waals surface area contributed by atoms with Gasteiger partial charge in [-0.3, -0.25) is 0 Å². The average Bonchev–Trinajstić information content (AvgIpc) is 2.73. The summed E-state index contributed by atoms with van der Waals surface area (Å²) in [5.41, 5.74) is 2.60. The zero-order chi connectivity index (χ0) is 15.0. The Bertz CT molecular complexity index is 855. The molecule has 1 N–H and O–H groups in total. The first-order chi connectivity index (χ1) is 10.1. The van der Waals surface area contributed by atoms with Crippen LogP contribution in [-0.2, 0) is 7.05 Å². The van der Waals surface area contributed by atoms with E-state index in [4.69, 9.17) is 16.8 Å². The molecule has 0 amide bonds. The zero-order valence-corrected chi connectivity index (χ0v) is 12.0. The van der Waals surface area contributed by atoms with Gasteiger partial charge in [0.1, 0.15) is 5.82 Å². The van der Waals surface area contributed by atoms with E-state index in [1.54, 1.807) is 30.3 Å². The Morgan fingerprint density at radius 1 is 1.24 bits per heavy atom. The smallest absolute Gasteiger partial charge is 0.131 e. The van der Waals surface area contributed by atoms with Crippen LogP contribution in [0.1, 0.15) is 5.69 Å². The van der Waals surface area contributed by atoms with Gasteiger partial charge >= 0.3 is 0 Å². The van der Waals surface area contributed by atoms with E-state index in [-0.39, 0.29) is 5.82 Å². The number of aromatic nitrogens is 1. The average molecular weight is 303 g/mol. The van der Waals surface area contributed by atoms with Gasteiger partial charge in [0.25, 0.3) is 0 Å². The zero-order valence-electron chi connectivity index (χ0n) is 11.2. The summed E-state index contributed by atoms with van der Waals surface area (Å²) in [6.07, 6.45) is 1.30. The quantitative estimate of drug-likeness (QED) is 0.424. The van der Waals surface area contributed by atoms with Gasteiger partial charge in [-0.05, 0) is 24.3 Å². The molecule has 3 rings (SSSR count). The molecule has 1 heterocycles. The molecule has 3 aromatic rings. The van der Waals surface area contributed by atoms with Crippen LogP contribution in [0.5, 0.6) is 0 Å². The second-order valence-electron chi connectivity index (χ2n) is 4.71. The number of nitrogens with zero attached hydrogens (tertiary/aromatic N) is 2. The minimum atomic E-state index is -0.336. The lowest BCUT2D eigenvalue weighted by atomic mass is 10.0. The number of fused-ring (bicyclic) bond motifs is 1. The van der Waals surface area contributed by atoms with Crippen molar-refractivity contribution in [3.8, 4) is 11.1 Å². The van der Waals surface area contributed by atoms with Gasteiger partial charge in [0.2, 0.25) is 0 Å². The molecule has 0 radical (unpaired) electrons. The first kappa shape index (κ1) is 13.6. The summed E-state index contributed by atoms with van der Waals surface area (Å²) in [4.78, 5) is 0. The maximum absolute atomic E-state index is 14.2. The molecule has 0 aliphatic carbocycles. The number of hydrogen-bond acceptors (Lipinski definition) is 2. The molecule has 106 valence electrons. The highest BCUT2D eigenvalue weighted by atomic mass is 35.5. The third-order valence-corrected chi connectivity index (χ3v) is 3.77. The number of halogens is 2. The molecule has 0 bridgehead atoms. The van der Waals surface area contributed by atoms with Crippen molar-refractivity contribution in [3.63, 3.8) is 0 Å². The van der Waals surface area contributed by atoms with E-state index in [9.17, 15) is 4.39 Å². The van der Waals surface area contributed by atoms with Gasteiger partial charge in [0.05, 0.1) is 11.9 Å². The van der Waals surface area contributed by atoms with Crippen molar-refractivity contribution < 1.29 is 9.60 Å². The molecule has 0 saturated carbocycles. The molecule has 3 nitrogen and oxygen atoms in total. The van der Waals surface area contributed by atoms with Crippen LogP contribution in [0, 0.1) is 5.82 Å². The van der Waals surface area contributed by atoms with Crippen LogP contribution in [0.4, 0.5) is 4.39 Å². The van der Waals surface area contributed by atoms with E-state index >= 15 is 0 Å². The van der Waals surface area contributed by atoms with Crippen LogP contribution >= 0.6 is 11.6 Å². The Morgan fingerprint density at radius 3 is 2.71 bits per heavy atom. The third kappa shape index (κ3) is 2.17. The Balaban J connectivity index is 2.47. The number of benzene rings is 2. The Labute approximate surface area is 125 Å². The van der Waals surface area contributed by atoms with Gasteiger partial charge in [-0.25, -0.2) is 4.39 Å². The van der Waals surface area contributed by atoms with Crippen LogP contribution in [-0.4, -0.2) is 16.0 Å². The molecule has 1 aromatic heterocycles. The molecule has 21 heavy (non-hydrogen) atoms. The second-order valence-corrected chi connectivity index (χ2v) is 5.14. The predicted octanol–water partition coefficient (Wildman–Crippen LogP) is 4.45. The Morgan fingerprint density at radius 2 is 2.00 bits per heavy atom. The summed E-state index contributed by atoms with van der Waals surface area (Å²) >= 11 is 6.07. The molecule has 5 heteroatoms. The topological polar surface area (TPSA) is 37.5 Å². The van der Waals surface area contributed by atoms with E-state index in [2.05, 4.69) is 5.16 Å². The Hall–Kier alpha value is -2.33. The van der Waals surface area contributed by atoms with E-state index < -0.39 is 0 Å². The van der Waals surface area contributed by atoms with Gasteiger partial charge in [0.15, 0.2) is 0 Å². The van der Waals surface area contributed by atoms with Crippen molar-refractivity contribution in [2.75, 3.05) is 0 Å². The van der Waals surface area contributed by atoms with Crippen LogP contribution in [0.3, 0.4) is 0 Å². The van der Waals surface area contributed by atoms with Gasteiger partial charge in [-0.15, -0.1) is 0 Å². The monoisotopic (exact) mass is 302 g/mol. The molecular formula is C16H12ClFN2O. The van der Waals surface area contributed by atoms with Gasteiger partial charge in [-0.1, -0.05) is 35.0 Å². The normalized spacial score (nSPS) is 11.6. The molecule has 0 unspecified atom stereocenters. The summed E-state index contributed by atoms with van der Waals surface area (Å²) in [5.74, 6) is -0.336. The van der Waals surface area contributed by atoms with Crippen LogP contribution in [0.15, 0.2) is 47.6 Å². The lowest BCUT2D eigenvalue weighted by Crippen LogP contribution is -1.97. The van der Waals surface area contributed by atoms with E-state index in [1.165, 1.54) is 12.3 Å². The van der Waals surface area contributed by atoms with Gasteiger partial charge in [-0.2, -0.15) is 0 Å². The highest BCUT2D eigenvalue weighted by molar-refractivity contribution is 6.31. The van der Waals surface area contributed by atoms with E-state index in [0.29, 0.717) is 21.8 Å². The summed E-state index contributed by atoms with van der Waals surface area (Å²) in [6.45, 7) is 0. The van der Waals surface area contributed by atoms with Gasteiger partial charge < -0.3 is 9.77 Å². The highest BCUT2D eigenvalue weighted by Crippen LogP contribution is 2.36. The fraction of sp³-hybridized carbons (Fsp3) is 0.0625. The number of oxime groups is 1. The fourth-order valence-corrected chi connectivity index (χ4v) is 2.76. The van der Waals surface area contributed by atoms with Gasteiger partial charge in [0, 0.05) is 34.1 Å². The van der Waals surface area contributed by atoms with Crippen molar-refractivity contribution in [2.24, 2.45) is 12.2 Å². The maximum Gasteiger partial charge on any atom is 0.131 e. The minimum absolute atomic E-state index is 0.336. The molecular weight excluding hydrogens is 291 g/mol. The number of hydrogen-bond donors (Lipinski definition) is 1. The van der Waals surface area contributed by atoms with Crippen molar-refractivity contribution in [2.45, 2.75) is 0 Å². The Kier molecular flexibility index (Phi) is 3.39. The molecule has 0 spiro atoms. The van der Waals surface area contributed by atoms with Crippen molar-refractivity contribution >= 4 is 28.7 Å². The summed E-state index contributed by atoms with van der Waals surface area (Å²) in [7, 11) is 1.83. The number of aryl methyl sites for hydroxylation is 1. The maximum atomic E-state index is 14.2. The molecule has 0 atom stereocenters. The number of rotatable bonds is 2. The lowest BCUT2D eigenvalue weighted by Gasteiger charge is -2.04. The van der Waals surface area contributed by atoms with Crippen LogP contribution < -0.4 is 0 Å². The summed E-state index contributed by atoms with van der Waals surface area (Å²) in [5, 5.41) is 13.4. The van der Waals surface area contributed by atoms with Crippen molar-refractivity contribution in [3.05, 3.63) is 59.0 Å². The standard InChI is InChI=1S/C16H12ClFN2O/c1-20-14-7-6-10(17)8-12(14)16(15(20)9-19-21)11-4-2-3-5-13(11)18/h2-9,21H,1H3/b19-9+. The summed E-state index contributed by atoms with van der Waals surface area (Å²) < 4.78 is 16.0. The fourth-order valence-electron chi connectivity index (χ4n) is 2.59. The highest BCUT2D eigenvalue weighted by Gasteiger charge is 2.18. The molecule has 0 fully saturated rings. The van der Waals surface area contributed by atoms with Crippen molar-refractivity contribution in [1.82, 2.24) is 4.57 Å². The SMILES string of the molecule is Cn1c(/C=N/O)c(-c2ccccc2F)c2cc(Cl)ccc21.